The normalized spacial score (nSPS) is 47.6. The molecule has 3 saturated carbocycles. The summed E-state index contributed by atoms with van der Waals surface area (Å²) < 4.78 is 19.1. The Morgan fingerprint density at radius 1 is 0.978 bits per heavy atom. The van der Waals surface area contributed by atoms with E-state index in [9.17, 15) is 15.0 Å². The summed E-state index contributed by atoms with van der Waals surface area (Å²) >= 11 is 0. The predicted molar refractivity (Wildman–Crippen MR) is 173 cm³/mol. The Morgan fingerprint density at radius 2 is 1.71 bits per heavy atom. The molecular formula is C38H55NO6. The molecule has 2 saturated heterocycles. The highest BCUT2D eigenvalue weighted by Gasteiger charge is 2.69. The largest absolute Gasteiger partial charge is 0.458 e. The Balaban J connectivity index is 1.14. The number of esters is 1. The number of rotatable bonds is 4. The van der Waals surface area contributed by atoms with Crippen molar-refractivity contribution in [3.8, 4) is 0 Å². The summed E-state index contributed by atoms with van der Waals surface area (Å²) in [7, 11) is 1.82. The number of nitrogens with one attached hydrogen (secondary N) is 1. The summed E-state index contributed by atoms with van der Waals surface area (Å²) in [6.45, 7) is 15.8. The first kappa shape index (κ1) is 31.7. The second-order valence-corrected chi connectivity index (χ2v) is 17.2. The lowest BCUT2D eigenvalue weighted by Gasteiger charge is -2.68. The van der Waals surface area contributed by atoms with E-state index in [1.54, 1.807) is 0 Å². The van der Waals surface area contributed by atoms with Crippen LogP contribution in [0, 0.1) is 45.3 Å². The smallest absolute Gasteiger partial charge is 0.340 e. The summed E-state index contributed by atoms with van der Waals surface area (Å²) in [5.41, 5.74) is 1.60. The maximum atomic E-state index is 13.4. The minimum atomic E-state index is -0.526. The van der Waals surface area contributed by atoms with Crippen molar-refractivity contribution in [3.05, 3.63) is 41.5 Å². The zero-order valence-corrected chi connectivity index (χ0v) is 28.6. The summed E-state index contributed by atoms with van der Waals surface area (Å²) in [6, 6.07) is 7.52. The molecule has 2 aliphatic heterocycles. The molecule has 7 rings (SSSR count). The van der Waals surface area contributed by atoms with Gasteiger partial charge in [-0.25, -0.2) is 4.79 Å². The lowest BCUT2D eigenvalue weighted by molar-refractivity contribution is -0.217. The second-order valence-electron chi connectivity index (χ2n) is 17.2. The van der Waals surface area contributed by atoms with Gasteiger partial charge in [0.2, 0.25) is 0 Å². The predicted octanol–water partition coefficient (Wildman–Crippen LogP) is 6.73. The van der Waals surface area contributed by atoms with E-state index in [-0.39, 0.29) is 58.0 Å². The molecule has 3 N–H and O–H groups in total. The minimum Gasteiger partial charge on any atom is -0.458 e. The number of anilines is 1. The quantitative estimate of drug-likeness (QED) is 0.253. The average Bonchev–Trinajstić information content (AvgIpc) is 3.48. The molecule has 12 atom stereocenters. The Bertz CT molecular complexity index is 1390. The molecule has 248 valence electrons. The number of ether oxygens (including phenoxy) is 3. The van der Waals surface area contributed by atoms with Crippen LogP contribution in [0.3, 0.4) is 0 Å². The first-order valence-electron chi connectivity index (χ1n) is 17.5. The van der Waals surface area contributed by atoms with Gasteiger partial charge in [-0.05, 0) is 99.5 Å². The molecule has 1 unspecified atom stereocenters. The van der Waals surface area contributed by atoms with Crippen molar-refractivity contribution in [3.63, 3.8) is 0 Å². The van der Waals surface area contributed by atoms with Crippen molar-refractivity contribution in [2.24, 2.45) is 45.3 Å². The molecule has 0 spiro atoms. The van der Waals surface area contributed by atoms with Crippen LogP contribution in [0.2, 0.25) is 0 Å². The van der Waals surface area contributed by atoms with E-state index >= 15 is 0 Å². The van der Waals surface area contributed by atoms with Gasteiger partial charge < -0.3 is 29.7 Å². The molecule has 0 aromatic heterocycles. The Labute approximate surface area is 269 Å². The van der Waals surface area contributed by atoms with Gasteiger partial charge in [-0.3, -0.25) is 0 Å². The highest BCUT2D eigenvalue weighted by Crippen LogP contribution is 2.73. The van der Waals surface area contributed by atoms with Crippen molar-refractivity contribution >= 4 is 11.7 Å². The molecule has 5 fully saturated rings. The van der Waals surface area contributed by atoms with E-state index < -0.39 is 17.8 Å². The van der Waals surface area contributed by atoms with E-state index in [0.29, 0.717) is 30.2 Å². The molecule has 4 aliphatic carbocycles. The van der Waals surface area contributed by atoms with Crippen molar-refractivity contribution in [2.45, 2.75) is 130 Å². The SMILES string of the molecule is CNc1ccccc1C(=O)O[C@H]1CC[C@]2(C)[C@H]3CC[C@]4(C)C(=CC[C@H]4C4C[C@H](O)[C@@H]5O[C@H]4OC5(C)C)[C@]3(C)[C@H](O)C[C@H]2C1(C)C. The maximum absolute atomic E-state index is 13.4. The fraction of sp³-hybridized carbons (Fsp3) is 0.763. The number of para-hydroxylation sites is 1. The van der Waals surface area contributed by atoms with Gasteiger partial charge in [-0.1, -0.05) is 58.4 Å². The number of carbonyl (C=O) groups excluding carboxylic acids is 1. The van der Waals surface area contributed by atoms with Crippen LogP contribution in [0.4, 0.5) is 5.69 Å². The van der Waals surface area contributed by atoms with Gasteiger partial charge in [0.25, 0.3) is 0 Å². The Kier molecular flexibility index (Phi) is 7.23. The lowest BCUT2D eigenvalue weighted by atomic mass is 9.37. The van der Waals surface area contributed by atoms with E-state index in [1.807, 2.05) is 45.2 Å². The van der Waals surface area contributed by atoms with Gasteiger partial charge in [0.05, 0.1) is 23.4 Å². The fourth-order valence-electron chi connectivity index (χ4n) is 12.2. The number of benzene rings is 1. The highest BCUT2D eigenvalue weighted by molar-refractivity contribution is 5.95. The lowest BCUT2D eigenvalue weighted by Crippen LogP contribution is -2.65. The zero-order chi connectivity index (χ0) is 32.3. The van der Waals surface area contributed by atoms with Crippen LogP contribution in [-0.2, 0) is 14.2 Å². The van der Waals surface area contributed by atoms with E-state index in [0.717, 1.165) is 37.8 Å². The monoisotopic (exact) mass is 621 g/mol. The van der Waals surface area contributed by atoms with E-state index in [2.05, 4.69) is 46.0 Å². The van der Waals surface area contributed by atoms with Gasteiger partial charge in [0.1, 0.15) is 12.2 Å². The van der Waals surface area contributed by atoms with Crippen LogP contribution in [0.5, 0.6) is 0 Å². The second kappa shape index (κ2) is 10.3. The summed E-state index contributed by atoms with van der Waals surface area (Å²) in [6.07, 6.45) is 6.91. The third-order valence-corrected chi connectivity index (χ3v) is 14.5. The summed E-state index contributed by atoms with van der Waals surface area (Å²) in [5, 5.41) is 26.5. The number of aliphatic hydroxyl groups excluding tert-OH is 2. The first-order valence-corrected chi connectivity index (χ1v) is 17.5. The van der Waals surface area contributed by atoms with Gasteiger partial charge in [0.15, 0.2) is 6.29 Å². The van der Waals surface area contributed by atoms with Gasteiger partial charge in [0, 0.05) is 29.5 Å². The summed E-state index contributed by atoms with van der Waals surface area (Å²) in [4.78, 5) is 13.4. The molecule has 7 heteroatoms. The molecule has 0 radical (unpaired) electrons. The summed E-state index contributed by atoms with van der Waals surface area (Å²) in [5.74, 6) is 0.704. The van der Waals surface area contributed by atoms with Crippen molar-refractivity contribution in [1.82, 2.24) is 0 Å². The number of hydrogen-bond donors (Lipinski definition) is 3. The van der Waals surface area contributed by atoms with Gasteiger partial charge >= 0.3 is 5.97 Å². The number of hydrogen-bond acceptors (Lipinski definition) is 7. The standard InChI is InChI=1S/C38H55NO6/c1-34(2)28-20-29(41)38(7)26-14-13-23(22-19-25(40)31-35(3,4)45-33(22)44-31)36(26,5)17-15-27(38)37(28,6)18-16-30(34)43-32(42)21-11-9-10-12-24(21)39-8/h9-12,14,22-23,25,27-31,33,39-41H,13,15-20H2,1-8H3/t22?,23-,25-,27+,28-,29+,30-,31-,33-,36-,37+,38-/m0/s1. The molecular weight excluding hydrogens is 566 g/mol. The highest BCUT2D eigenvalue weighted by atomic mass is 16.7. The van der Waals surface area contributed by atoms with Crippen LogP contribution in [0.15, 0.2) is 35.9 Å². The first-order chi connectivity index (χ1) is 21.1. The van der Waals surface area contributed by atoms with Crippen molar-refractivity contribution in [2.75, 3.05) is 12.4 Å². The molecule has 0 amide bonds. The van der Waals surface area contributed by atoms with E-state index in [1.165, 1.54) is 5.57 Å². The zero-order valence-electron chi connectivity index (χ0n) is 28.6. The molecule has 2 bridgehead atoms. The van der Waals surface area contributed by atoms with Crippen molar-refractivity contribution < 1.29 is 29.2 Å². The van der Waals surface area contributed by atoms with Crippen LogP contribution in [0.25, 0.3) is 0 Å². The number of carbonyl (C=O) groups is 1. The van der Waals surface area contributed by atoms with Gasteiger partial charge in [-0.2, -0.15) is 0 Å². The molecule has 6 aliphatic rings. The Hall–Kier alpha value is -1.93. The fourth-order valence-corrected chi connectivity index (χ4v) is 12.2. The number of aliphatic hydroxyl groups is 2. The molecule has 45 heavy (non-hydrogen) atoms. The molecule has 2 heterocycles. The topological polar surface area (TPSA) is 97.3 Å². The van der Waals surface area contributed by atoms with Crippen LogP contribution in [0.1, 0.15) is 104 Å². The average molecular weight is 622 g/mol. The van der Waals surface area contributed by atoms with Crippen LogP contribution < -0.4 is 5.32 Å². The van der Waals surface area contributed by atoms with Crippen LogP contribution in [-0.4, -0.2) is 59.5 Å². The third-order valence-electron chi connectivity index (χ3n) is 14.5. The molecule has 7 nitrogen and oxygen atoms in total. The van der Waals surface area contributed by atoms with E-state index in [4.69, 9.17) is 14.2 Å². The number of allylic oxidation sites excluding steroid dienone is 1. The number of fused-ring (bicyclic) bond motifs is 7. The molecule has 1 aromatic rings. The van der Waals surface area contributed by atoms with Crippen molar-refractivity contribution in [1.29, 1.82) is 0 Å². The molecule has 1 aromatic carbocycles. The van der Waals surface area contributed by atoms with Crippen LogP contribution >= 0.6 is 0 Å². The minimum absolute atomic E-state index is 0.0134. The maximum Gasteiger partial charge on any atom is 0.340 e. The Morgan fingerprint density at radius 3 is 2.44 bits per heavy atom. The van der Waals surface area contributed by atoms with Gasteiger partial charge in [-0.15, -0.1) is 0 Å². The third kappa shape index (κ3) is 4.32.